The van der Waals surface area contributed by atoms with E-state index in [2.05, 4.69) is 45.0 Å². The van der Waals surface area contributed by atoms with Gasteiger partial charge in [0.05, 0.1) is 6.10 Å². The molecule has 1 aliphatic heterocycles. The molecule has 2 nitrogen and oxygen atoms in total. The van der Waals surface area contributed by atoms with Crippen LogP contribution in [0.5, 0.6) is 0 Å². The number of benzene rings is 1. The molecule has 1 aromatic rings. The van der Waals surface area contributed by atoms with Crippen LogP contribution < -0.4 is 5.73 Å². The Hall–Kier alpha value is -0.510. The summed E-state index contributed by atoms with van der Waals surface area (Å²) in [7, 11) is 0. The third kappa shape index (κ3) is 4.51. The van der Waals surface area contributed by atoms with E-state index >= 15 is 0 Å². The number of ether oxygens (including phenoxy) is 1. The number of hydrogen-bond acceptors (Lipinski definition) is 3. The lowest BCUT2D eigenvalue weighted by Crippen LogP contribution is -2.16. The molecule has 1 fully saturated rings. The molecule has 112 valence electrons. The Morgan fingerprint density at radius 1 is 1.30 bits per heavy atom. The number of hydrogen-bond donors (Lipinski definition) is 1. The van der Waals surface area contributed by atoms with Crippen LogP contribution in [0.4, 0.5) is 0 Å². The smallest absolute Gasteiger partial charge is 0.0666 e. The van der Waals surface area contributed by atoms with Crippen molar-refractivity contribution >= 4 is 11.8 Å². The predicted molar refractivity (Wildman–Crippen MR) is 88.4 cm³/mol. The molecule has 3 heteroatoms. The van der Waals surface area contributed by atoms with Crippen LogP contribution in [0, 0.1) is 0 Å². The first-order chi connectivity index (χ1) is 9.47. The standard InChI is InChI=1S/C17H27NOS/c1-17(2,3)14-8-6-13(7-9-14)16(18)12-20-11-15-5-4-10-19-15/h6-9,15-16H,4-5,10-12,18H2,1-3H3. The summed E-state index contributed by atoms with van der Waals surface area (Å²) in [5.74, 6) is 2.04. The summed E-state index contributed by atoms with van der Waals surface area (Å²) >= 11 is 1.91. The van der Waals surface area contributed by atoms with Crippen LogP contribution in [0.2, 0.25) is 0 Å². The maximum atomic E-state index is 6.28. The van der Waals surface area contributed by atoms with Crippen LogP contribution in [0.1, 0.15) is 50.8 Å². The molecule has 2 N–H and O–H groups in total. The predicted octanol–water partition coefficient (Wildman–Crippen LogP) is 3.90. The van der Waals surface area contributed by atoms with Gasteiger partial charge in [-0.15, -0.1) is 0 Å². The molecule has 0 amide bonds. The lowest BCUT2D eigenvalue weighted by atomic mass is 9.86. The van der Waals surface area contributed by atoms with Crippen molar-refractivity contribution in [2.45, 2.75) is 51.2 Å². The first kappa shape index (κ1) is 15.9. The fourth-order valence-electron chi connectivity index (χ4n) is 2.43. The minimum atomic E-state index is 0.121. The summed E-state index contributed by atoms with van der Waals surface area (Å²) in [5, 5.41) is 0. The summed E-state index contributed by atoms with van der Waals surface area (Å²) in [4.78, 5) is 0. The normalized spacial score (nSPS) is 21.1. The van der Waals surface area contributed by atoms with Gasteiger partial charge in [0.25, 0.3) is 0 Å². The second-order valence-electron chi connectivity index (χ2n) is 6.65. The van der Waals surface area contributed by atoms with E-state index < -0.39 is 0 Å². The van der Waals surface area contributed by atoms with Crippen molar-refractivity contribution < 1.29 is 4.74 Å². The molecule has 0 saturated carbocycles. The minimum Gasteiger partial charge on any atom is -0.377 e. The molecule has 0 aromatic heterocycles. The van der Waals surface area contributed by atoms with Gasteiger partial charge in [-0.05, 0) is 29.4 Å². The molecular formula is C17H27NOS. The minimum absolute atomic E-state index is 0.121. The van der Waals surface area contributed by atoms with Gasteiger partial charge in [0.15, 0.2) is 0 Å². The van der Waals surface area contributed by atoms with Crippen molar-refractivity contribution in [1.82, 2.24) is 0 Å². The lowest BCUT2D eigenvalue weighted by Gasteiger charge is -2.20. The molecule has 1 saturated heterocycles. The molecule has 0 aliphatic carbocycles. The SMILES string of the molecule is CC(C)(C)c1ccc(C(N)CSCC2CCCO2)cc1. The average Bonchev–Trinajstić information content (AvgIpc) is 2.91. The third-order valence-corrected chi connectivity index (χ3v) is 5.03. The van der Waals surface area contributed by atoms with Gasteiger partial charge in [0.1, 0.15) is 0 Å². The monoisotopic (exact) mass is 293 g/mol. The van der Waals surface area contributed by atoms with Crippen LogP contribution >= 0.6 is 11.8 Å². The molecule has 0 bridgehead atoms. The maximum absolute atomic E-state index is 6.28. The average molecular weight is 293 g/mol. The second kappa shape index (κ2) is 6.97. The molecule has 1 aliphatic rings. The molecule has 20 heavy (non-hydrogen) atoms. The van der Waals surface area contributed by atoms with Crippen molar-refractivity contribution in [3.8, 4) is 0 Å². The molecule has 2 rings (SSSR count). The van der Waals surface area contributed by atoms with E-state index in [4.69, 9.17) is 10.5 Å². The highest BCUT2D eigenvalue weighted by molar-refractivity contribution is 7.99. The van der Waals surface area contributed by atoms with E-state index in [0.29, 0.717) is 6.10 Å². The maximum Gasteiger partial charge on any atom is 0.0666 e. The van der Waals surface area contributed by atoms with Crippen LogP contribution in [-0.4, -0.2) is 24.2 Å². The quantitative estimate of drug-likeness (QED) is 0.894. The zero-order valence-electron chi connectivity index (χ0n) is 12.9. The number of thioether (sulfide) groups is 1. The zero-order valence-corrected chi connectivity index (χ0v) is 13.7. The highest BCUT2D eigenvalue weighted by Gasteiger charge is 2.17. The molecule has 0 radical (unpaired) electrons. The van der Waals surface area contributed by atoms with Crippen LogP contribution in [0.25, 0.3) is 0 Å². The Labute approximate surface area is 127 Å². The van der Waals surface area contributed by atoms with Crippen LogP contribution in [0.3, 0.4) is 0 Å². The Morgan fingerprint density at radius 2 is 2.00 bits per heavy atom. The summed E-state index contributed by atoms with van der Waals surface area (Å²) in [6.07, 6.45) is 2.88. The fourth-order valence-corrected chi connectivity index (χ4v) is 3.54. The molecule has 1 heterocycles. The second-order valence-corrected chi connectivity index (χ2v) is 7.73. The Bertz CT molecular complexity index is 404. The molecule has 2 atom stereocenters. The van der Waals surface area contributed by atoms with E-state index in [1.807, 2.05) is 11.8 Å². The fraction of sp³-hybridized carbons (Fsp3) is 0.647. The van der Waals surface area contributed by atoms with Crippen molar-refractivity contribution in [2.24, 2.45) is 5.73 Å². The Kier molecular flexibility index (Phi) is 5.53. The van der Waals surface area contributed by atoms with Crippen molar-refractivity contribution in [3.63, 3.8) is 0 Å². The Morgan fingerprint density at radius 3 is 2.55 bits per heavy atom. The van der Waals surface area contributed by atoms with Gasteiger partial charge in [-0.25, -0.2) is 0 Å². The first-order valence-electron chi connectivity index (χ1n) is 7.52. The molecule has 2 unspecified atom stereocenters. The van der Waals surface area contributed by atoms with Crippen LogP contribution in [-0.2, 0) is 10.2 Å². The van der Waals surface area contributed by atoms with Gasteiger partial charge in [0.2, 0.25) is 0 Å². The van der Waals surface area contributed by atoms with Crippen molar-refractivity contribution in [1.29, 1.82) is 0 Å². The summed E-state index contributed by atoms with van der Waals surface area (Å²) in [6, 6.07) is 8.89. The number of rotatable bonds is 5. The lowest BCUT2D eigenvalue weighted by molar-refractivity contribution is 0.129. The highest BCUT2D eigenvalue weighted by atomic mass is 32.2. The van der Waals surface area contributed by atoms with Gasteiger partial charge in [-0.1, -0.05) is 45.0 Å². The molecule has 1 aromatic carbocycles. The van der Waals surface area contributed by atoms with E-state index in [-0.39, 0.29) is 11.5 Å². The van der Waals surface area contributed by atoms with Gasteiger partial charge in [0, 0.05) is 24.2 Å². The van der Waals surface area contributed by atoms with Crippen molar-refractivity contribution in [3.05, 3.63) is 35.4 Å². The molecular weight excluding hydrogens is 266 g/mol. The van der Waals surface area contributed by atoms with E-state index in [1.165, 1.54) is 24.0 Å². The van der Waals surface area contributed by atoms with Gasteiger partial charge >= 0.3 is 0 Å². The van der Waals surface area contributed by atoms with E-state index in [1.54, 1.807) is 0 Å². The van der Waals surface area contributed by atoms with Gasteiger partial charge in [-0.2, -0.15) is 11.8 Å². The largest absolute Gasteiger partial charge is 0.377 e. The van der Waals surface area contributed by atoms with Crippen LogP contribution in [0.15, 0.2) is 24.3 Å². The van der Waals surface area contributed by atoms with Gasteiger partial charge < -0.3 is 10.5 Å². The topological polar surface area (TPSA) is 35.2 Å². The summed E-state index contributed by atoms with van der Waals surface area (Å²) in [6.45, 7) is 7.64. The first-order valence-corrected chi connectivity index (χ1v) is 8.67. The number of nitrogens with two attached hydrogens (primary N) is 1. The van der Waals surface area contributed by atoms with E-state index in [9.17, 15) is 0 Å². The Balaban J connectivity index is 1.81. The summed E-state index contributed by atoms with van der Waals surface area (Å²) < 4.78 is 5.63. The zero-order chi connectivity index (χ0) is 14.6. The third-order valence-electron chi connectivity index (χ3n) is 3.83. The van der Waals surface area contributed by atoms with Crippen molar-refractivity contribution in [2.75, 3.05) is 18.1 Å². The summed E-state index contributed by atoms with van der Waals surface area (Å²) in [5.41, 5.74) is 9.08. The molecule has 0 spiro atoms. The highest BCUT2D eigenvalue weighted by Crippen LogP contribution is 2.25. The van der Waals surface area contributed by atoms with Gasteiger partial charge in [-0.3, -0.25) is 0 Å². The van der Waals surface area contributed by atoms with E-state index in [0.717, 1.165) is 18.1 Å².